The van der Waals surface area contributed by atoms with Gasteiger partial charge in [0.2, 0.25) is 5.88 Å². The Hall–Kier alpha value is -2.90. The van der Waals surface area contributed by atoms with E-state index in [1.807, 2.05) is 0 Å². The van der Waals surface area contributed by atoms with Crippen molar-refractivity contribution in [2.75, 3.05) is 0 Å². The number of aliphatic hydroxyl groups is 2. The SMILES string of the molecule is Cc1cc(-c2cnn(-c3ccc(C(O)O)cn3)c2O)ccc1O. The molecule has 0 radical (unpaired) electrons. The van der Waals surface area contributed by atoms with Gasteiger partial charge in [-0.25, -0.2) is 4.98 Å². The normalized spacial score (nSPS) is 11.1. The maximum Gasteiger partial charge on any atom is 0.223 e. The van der Waals surface area contributed by atoms with Crippen LogP contribution in [-0.4, -0.2) is 35.2 Å². The molecule has 3 aromatic rings. The van der Waals surface area contributed by atoms with E-state index in [-0.39, 0.29) is 17.2 Å². The van der Waals surface area contributed by atoms with E-state index in [1.165, 1.54) is 29.2 Å². The van der Waals surface area contributed by atoms with E-state index < -0.39 is 6.29 Å². The van der Waals surface area contributed by atoms with Crippen LogP contribution in [0.5, 0.6) is 11.6 Å². The first-order valence-electron chi connectivity index (χ1n) is 6.87. The van der Waals surface area contributed by atoms with Crippen molar-refractivity contribution in [1.29, 1.82) is 0 Å². The van der Waals surface area contributed by atoms with Crippen molar-refractivity contribution in [3.8, 4) is 28.6 Å². The van der Waals surface area contributed by atoms with Crippen LogP contribution in [0, 0.1) is 6.92 Å². The third-order valence-electron chi connectivity index (χ3n) is 3.54. The molecule has 0 amide bonds. The van der Waals surface area contributed by atoms with Crippen LogP contribution in [0.25, 0.3) is 16.9 Å². The summed E-state index contributed by atoms with van der Waals surface area (Å²) in [4.78, 5) is 4.05. The maximum absolute atomic E-state index is 10.4. The molecule has 1 aromatic carbocycles. The Labute approximate surface area is 131 Å². The van der Waals surface area contributed by atoms with Crippen LogP contribution in [0.3, 0.4) is 0 Å². The Kier molecular flexibility index (Phi) is 3.73. The molecule has 0 saturated carbocycles. The molecule has 3 rings (SSSR count). The zero-order valence-corrected chi connectivity index (χ0v) is 12.2. The average molecular weight is 313 g/mol. The van der Waals surface area contributed by atoms with Gasteiger partial charge in [0.1, 0.15) is 5.75 Å². The zero-order valence-electron chi connectivity index (χ0n) is 12.2. The Balaban J connectivity index is 2.00. The van der Waals surface area contributed by atoms with Crippen molar-refractivity contribution in [1.82, 2.24) is 14.8 Å². The third-order valence-corrected chi connectivity index (χ3v) is 3.54. The van der Waals surface area contributed by atoms with E-state index in [2.05, 4.69) is 10.1 Å². The number of phenols is 1. The van der Waals surface area contributed by atoms with Gasteiger partial charge in [-0.05, 0) is 42.3 Å². The van der Waals surface area contributed by atoms with Gasteiger partial charge in [0.15, 0.2) is 12.1 Å². The van der Waals surface area contributed by atoms with Crippen molar-refractivity contribution >= 4 is 0 Å². The molecule has 7 nitrogen and oxygen atoms in total. The van der Waals surface area contributed by atoms with Crippen LogP contribution in [0.4, 0.5) is 0 Å². The summed E-state index contributed by atoms with van der Waals surface area (Å²) in [5, 5.41) is 42.2. The fourth-order valence-electron chi connectivity index (χ4n) is 2.21. The highest BCUT2D eigenvalue weighted by Crippen LogP contribution is 2.32. The largest absolute Gasteiger partial charge is 0.508 e. The van der Waals surface area contributed by atoms with Gasteiger partial charge in [-0.2, -0.15) is 9.78 Å². The molecule has 7 heteroatoms. The fourth-order valence-corrected chi connectivity index (χ4v) is 2.21. The fraction of sp³-hybridized carbons (Fsp3) is 0.125. The predicted octanol–water partition coefficient (Wildman–Crippen LogP) is 1.64. The highest BCUT2D eigenvalue weighted by Gasteiger charge is 2.15. The van der Waals surface area contributed by atoms with E-state index >= 15 is 0 Å². The van der Waals surface area contributed by atoms with Crippen LogP contribution in [0.2, 0.25) is 0 Å². The summed E-state index contributed by atoms with van der Waals surface area (Å²) < 4.78 is 1.24. The molecule has 2 aromatic heterocycles. The summed E-state index contributed by atoms with van der Waals surface area (Å²) in [6.07, 6.45) is 1.20. The number of aromatic nitrogens is 3. The topological polar surface area (TPSA) is 112 Å². The van der Waals surface area contributed by atoms with Crippen molar-refractivity contribution in [3.05, 3.63) is 53.9 Å². The molecule has 0 atom stereocenters. The van der Waals surface area contributed by atoms with E-state index in [9.17, 15) is 10.2 Å². The average Bonchev–Trinajstić information content (AvgIpc) is 2.92. The number of hydrogen-bond donors (Lipinski definition) is 4. The van der Waals surface area contributed by atoms with Crippen LogP contribution in [-0.2, 0) is 0 Å². The Morgan fingerprint density at radius 1 is 1.04 bits per heavy atom. The number of benzene rings is 1. The van der Waals surface area contributed by atoms with Gasteiger partial charge in [0.05, 0.1) is 11.8 Å². The number of nitrogens with zero attached hydrogens (tertiary/aromatic N) is 3. The molecule has 23 heavy (non-hydrogen) atoms. The standard InChI is InChI=1S/C16H15N3O4/c1-9-6-10(2-4-13(9)20)12-8-18-19(15(12)21)14-5-3-11(7-17-14)16(22)23/h2-8,16,20-23H,1H3. The molecule has 0 spiro atoms. The van der Waals surface area contributed by atoms with Gasteiger partial charge in [0.25, 0.3) is 0 Å². The Morgan fingerprint density at radius 3 is 2.43 bits per heavy atom. The van der Waals surface area contributed by atoms with Crippen molar-refractivity contribution < 1.29 is 20.4 Å². The summed E-state index contributed by atoms with van der Waals surface area (Å²) in [5.41, 5.74) is 2.15. The molecule has 0 aliphatic rings. The second kappa shape index (κ2) is 5.71. The highest BCUT2D eigenvalue weighted by molar-refractivity contribution is 5.70. The van der Waals surface area contributed by atoms with Gasteiger partial charge in [-0.15, -0.1) is 0 Å². The highest BCUT2D eigenvalue weighted by atomic mass is 16.5. The number of aliphatic hydroxyl groups excluding tert-OH is 1. The quantitative estimate of drug-likeness (QED) is 0.547. The summed E-state index contributed by atoms with van der Waals surface area (Å²) in [6.45, 7) is 1.76. The van der Waals surface area contributed by atoms with E-state index in [0.29, 0.717) is 22.5 Å². The molecule has 0 aliphatic carbocycles. The van der Waals surface area contributed by atoms with Gasteiger partial charge in [-0.1, -0.05) is 6.07 Å². The summed E-state index contributed by atoms with van der Waals surface area (Å²) in [7, 11) is 0. The number of hydrogen-bond acceptors (Lipinski definition) is 6. The summed E-state index contributed by atoms with van der Waals surface area (Å²) in [5.74, 6) is 0.425. The molecule has 2 heterocycles. The summed E-state index contributed by atoms with van der Waals surface area (Å²) >= 11 is 0. The minimum atomic E-state index is -1.60. The lowest BCUT2D eigenvalue weighted by Gasteiger charge is -2.06. The second-order valence-electron chi connectivity index (χ2n) is 5.12. The van der Waals surface area contributed by atoms with Gasteiger partial charge in [0, 0.05) is 11.8 Å². The lowest BCUT2D eigenvalue weighted by atomic mass is 10.1. The molecule has 0 fully saturated rings. The Bertz CT molecular complexity index is 841. The van der Waals surface area contributed by atoms with Crippen molar-refractivity contribution in [2.45, 2.75) is 13.2 Å². The van der Waals surface area contributed by atoms with E-state index in [1.54, 1.807) is 25.1 Å². The van der Waals surface area contributed by atoms with Crippen LogP contribution in [0.1, 0.15) is 17.4 Å². The van der Waals surface area contributed by atoms with Crippen LogP contribution in [0.15, 0.2) is 42.7 Å². The molecule has 0 bridgehead atoms. The lowest BCUT2D eigenvalue weighted by molar-refractivity contribution is -0.0427. The Morgan fingerprint density at radius 2 is 1.83 bits per heavy atom. The molecular weight excluding hydrogens is 298 g/mol. The molecular formula is C16H15N3O4. The minimum Gasteiger partial charge on any atom is -0.508 e. The molecule has 0 unspecified atom stereocenters. The number of aromatic hydroxyl groups is 2. The zero-order chi connectivity index (χ0) is 16.6. The lowest BCUT2D eigenvalue weighted by Crippen LogP contribution is -2.01. The minimum absolute atomic E-state index is 0.0973. The number of phenolic OH excluding ortho intramolecular Hbond substituents is 1. The van der Waals surface area contributed by atoms with Gasteiger partial charge >= 0.3 is 0 Å². The number of pyridine rings is 1. The molecule has 0 aliphatic heterocycles. The van der Waals surface area contributed by atoms with Gasteiger partial charge in [-0.3, -0.25) is 0 Å². The predicted molar refractivity (Wildman–Crippen MR) is 82.0 cm³/mol. The smallest absolute Gasteiger partial charge is 0.223 e. The van der Waals surface area contributed by atoms with Gasteiger partial charge < -0.3 is 20.4 Å². The van der Waals surface area contributed by atoms with E-state index in [0.717, 1.165) is 0 Å². The van der Waals surface area contributed by atoms with Crippen LogP contribution >= 0.6 is 0 Å². The maximum atomic E-state index is 10.4. The second-order valence-corrected chi connectivity index (χ2v) is 5.12. The number of rotatable bonds is 3. The van der Waals surface area contributed by atoms with Crippen molar-refractivity contribution in [3.63, 3.8) is 0 Å². The van der Waals surface area contributed by atoms with Crippen LogP contribution < -0.4 is 0 Å². The molecule has 118 valence electrons. The first kappa shape index (κ1) is 15.0. The number of aryl methyl sites for hydroxylation is 1. The third kappa shape index (κ3) is 2.75. The monoisotopic (exact) mass is 313 g/mol. The molecule has 0 saturated heterocycles. The van der Waals surface area contributed by atoms with E-state index in [4.69, 9.17) is 10.2 Å². The van der Waals surface area contributed by atoms with Crippen molar-refractivity contribution in [2.24, 2.45) is 0 Å². The summed E-state index contributed by atoms with van der Waals surface area (Å²) in [6, 6.07) is 7.99. The first-order valence-corrected chi connectivity index (χ1v) is 6.87. The first-order chi connectivity index (χ1) is 11.0. The molecule has 4 N–H and O–H groups in total.